The average Bonchev–Trinajstić information content (AvgIpc) is 2.94. The normalized spacial score (nSPS) is 15.3. The lowest BCUT2D eigenvalue weighted by molar-refractivity contribution is 0.0736. The molecular weight excluding hydrogens is 270 g/mol. The second-order valence-electron chi connectivity index (χ2n) is 5.02. The smallest absolute Gasteiger partial charge is 0.276 e. The molecule has 1 saturated heterocycles. The first kappa shape index (κ1) is 13.4. The molecule has 2 N–H and O–H groups in total. The number of carbonyl (C=O) groups excluding carboxylic acids is 1. The van der Waals surface area contributed by atoms with E-state index in [1.165, 1.54) is 0 Å². The van der Waals surface area contributed by atoms with Crippen molar-refractivity contribution in [1.82, 2.24) is 15.0 Å². The van der Waals surface area contributed by atoms with E-state index >= 15 is 0 Å². The molecule has 1 fully saturated rings. The van der Waals surface area contributed by atoms with Gasteiger partial charge in [-0.05, 0) is 19.1 Å². The van der Waals surface area contributed by atoms with Crippen LogP contribution in [0.2, 0.25) is 0 Å². The van der Waals surface area contributed by atoms with E-state index in [9.17, 15) is 4.79 Å². The zero-order valence-corrected chi connectivity index (χ0v) is 11.8. The number of nitrogens with two attached hydrogens (primary N) is 1. The van der Waals surface area contributed by atoms with E-state index in [0.717, 1.165) is 5.82 Å². The van der Waals surface area contributed by atoms with Crippen LogP contribution in [-0.4, -0.2) is 47.1 Å². The van der Waals surface area contributed by atoms with Crippen LogP contribution in [0.1, 0.15) is 16.2 Å². The average molecular weight is 287 g/mol. The second-order valence-corrected chi connectivity index (χ2v) is 5.02. The maximum Gasteiger partial charge on any atom is 0.276 e. The summed E-state index contributed by atoms with van der Waals surface area (Å²) in [6.45, 7) is 4.39. The lowest BCUT2D eigenvalue weighted by atomic mass is 10.2. The summed E-state index contributed by atoms with van der Waals surface area (Å²) in [5.74, 6) is 1.32. The molecule has 0 saturated carbocycles. The van der Waals surface area contributed by atoms with Gasteiger partial charge in [0.2, 0.25) is 0 Å². The molecule has 0 aromatic carbocycles. The molecule has 2 aromatic rings. The summed E-state index contributed by atoms with van der Waals surface area (Å²) in [6, 6.07) is 5.30. The van der Waals surface area contributed by atoms with E-state index in [1.807, 2.05) is 12.1 Å². The molecule has 110 valence electrons. The Morgan fingerprint density at radius 2 is 2.10 bits per heavy atom. The number of nitrogens with zero attached hydrogens (tertiary/aromatic N) is 4. The van der Waals surface area contributed by atoms with Gasteiger partial charge in [-0.1, -0.05) is 5.16 Å². The molecule has 7 nitrogen and oxygen atoms in total. The van der Waals surface area contributed by atoms with Crippen LogP contribution in [0, 0.1) is 6.92 Å². The van der Waals surface area contributed by atoms with Crippen LogP contribution >= 0.6 is 0 Å². The summed E-state index contributed by atoms with van der Waals surface area (Å²) in [5, 5.41) is 3.77. The Balaban J connectivity index is 1.65. The fourth-order valence-corrected chi connectivity index (χ4v) is 2.42. The Hall–Kier alpha value is -2.57. The summed E-state index contributed by atoms with van der Waals surface area (Å²) in [4.78, 5) is 20.4. The fraction of sp³-hybridized carbons (Fsp3) is 0.357. The number of anilines is 2. The standard InChI is InChI=1S/C14H17N5O2/c1-10-9-12(17-21-10)14(20)19-7-5-18(6-8-19)13-11(15)3-2-4-16-13/h2-4,9H,5-8,15H2,1H3. The van der Waals surface area contributed by atoms with Crippen molar-refractivity contribution in [1.29, 1.82) is 0 Å². The minimum atomic E-state index is -0.0968. The van der Waals surface area contributed by atoms with Gasteiger partial charge in [0.1, 0.15) is 5.76 Å². The van der Waals surface area contributed by atoms with Crippen molar-refractivity contribution in [2.45, 2.75) is 6.92 Å². The molecule has 0 radical (unpaired) electrons. The summed E-state index contributed by atoms with van der Waals surface area (Å²) in [5.41, 5.74) is 6.95. The number of aromatic nitrogens is 2. The number of aryl methyl sites for hydroxylation is 1. The molecule has 1 aliphatic heterocycles. The number of carbonyl (C=O) groups is 1. The molecule has 3 heterocycles. The van der Waals surface area contributed by atoms with Crippen molar-refractivity contribution in [2.24, 2.45) is 0 Å². The van der Waals surface area contributed by atoms with E-state index in [0.29, 0.717) is 43.3 Å². The summed E-state index contributed by atoms with van der Waals surface area (Å²) in [7, 11) is 0. The zero-order chi connectivity index (χ0) is 14.8. The molecular formula is C14H17N5O2. The first-order valence-electron chi connectivity index (χ1n) is 6.83. The molecule has 0 bridgehead atoms. The third-order valence-corrected chi connectivity index (χ3v) is 3.53. The van der Waals surface area contributed by atoms with Crippen molar-refractivity contribution in [2.75, 3.05) is 36.8 Å². The fourth-order valence-electron chi connectivity index (χ4n) is 2.42. The zero-order valence-electron chi connectivity index (χ0n) is 11.8. The van der Waals surface area contributed by atoms with E-state index < -0.39 is 0 Å². The highest BCUT2D eigenvalue weighted by atomic mass is 16.5. The van der Waals surface area contributed by atoms with Gasteiger partial charge in [-0.2, -0.15) is 0 Å². The van der Waals surface area contributed by atoms with E-state index in [2.05, 4.69) is 15.0 Å². The first-order valence-corrected chi connectivity index (χ1v) is 6.83. The van der Waals surface area contributed by atoms with Gasteiger partial charge in [0.15, 0.2) is 11.5 Å². The van der Waals surface area contributed by atoms with Gasteiger partial charge in [0.25, 0.3) is 5.91 Å². The monoisotopic (exact) mass is 287 g/mol. The van der Waals surface area contributed by atoms with Gasteiger partial charge in [-0.3, -0.25) is 4.79 Å². The number of amides is 1. The van der Waals surface area contributed by atoms with Gasteiger partial charge in [0, 0.05) is 38.4 Å². The molecule has 21 heavy (non-hydrogen) atoms. The molecule has 0 spiro atoms. The number of pyridine rings is 1. The van der Waals surface area contributed by atoms with Crippen LogP contribution in [0.5, 0.6) is 0 Å². The Kier molecular flexibility index (Phi) is 3.47. The highest BCUT2D eigenvalue weighted by Gasteiger charge is 2.25. The molecule has 0 unspecified atom stereocenters. The predicted octanol–water partition coefficient (Wildman–Crippen LogP) is 0.923. The van der Waals surface area contributed by atoms with Crippen LogP contribution in [-0.2, 0) is 0 Å². The van der Waals surface area contributed by atoms with E-state index in [4.69, 9.17) is 10.3 Å². The van der Waals surface area contributed by atoms with Crippen LogP contribution < -0.4 is 10.6 Å². The van der Waals surface area contributed by atoms with Gasteiger partial charge < -0.3 is 20.1 Å². The number of rotatable bonds is 2. The molecule has 3 rings (SSSR count). The summed E-state index contributed by atoms with van der Waals surface area (Å²) in [6.07, 6.45) is 1.72. The maximum atomic E-state index is 12.3. The molecule has 1 amide bonds. The van der Waals surface area contributed by atoms with Crippen LogP contribution in [0.3, 0.4) is 0 Å². The molecule has 0 atom stereocenters. The van der Waals surface area contributed by atoms with Gasteiger partial charge >= 0.3 is 0 Å². The summed E-state index contributed by atoms with van der Waals surface area (Å²) < 4.78 is 4.95. The second kappa shape index (κ2) is 5.43. The number of nitrogen functional groups attached to an aromatic ring is 1. The number of piperazine rings is 1. The lowest BCUT2D eigenvalue weighted by Gasteiger charge is -2.35. The van der Waals surface area contributed by atoms with E-state index in [-0.39, 0.29) is 5.91 Å². The van der Waals surface area contributed by atoms with Gasteiger partial charge in [-0.15, -0.1) is 0 Å². The Morgan fingerprint density at radius 1 is 1.33 bits per heavy atom. The highest BCUT2D eigenvalue weighted by Crippen LogP contribution is 2.21. The van der Waals surface area contributed by atoms with E-state index in [1.54, 1.807) is 24.1 Å². The van der Waals surface area contributed by atoms with Crippen molar-refractivity contribution < 1.29 is 9.32 Å². The number of hydrogen-bond acceptors (Lipinski definition) is 6. The SMILES string of the molecule is Cc1cc(C(=O)N2CCN(c3ncccc3N)CC2)no1. The number of hydrogen-bond donors (Lipinski definition) is 1. The third kappa shape index (κ3) is 2.67. The quantitative estimate of drug-likeness (QED) is 0.883. The predicted molar refractivity (Wildman–Crippen MR) is 78.0 cm³/mol. The highest BCUT2D eigenvalue weighted by molar-refractivity contribution is 5.92. The minimum Gasteiger partial charge on any atom is -0.396 e. The molecule has 7 heteroatoms. The largest absolute Gasteiger partial charge is 0.396 e. The lowest BCUT2D eigenvalue weighted by Crippen LogP contribution is -2.49. The molecule has 2 aromatic heterocycles. The van der Waals surface area contributed by atoms with Gasteiger partial charge in [-0.25, -0.2) is 4.98 Å². The minimum absolute atomic E-state index is 0.0968. The first-order chi connectivity index (χ1) is 10.1. The van der Waals surface area contributed by atoms with Gasteiger partial charge in [0.05, 0.1) is 5.69 Å². The van der Waals surface area contributed by atoms with Crippen LogP contribution in [0.25, 0.3) is 0 Å². The van der Waals surface area contributed by atoms with Crippen molar-refractivity contribution >= 4 is 17.4 Å². The van der Waals surface area contributed by atoms with Crippen LogP contribution in [0.4, 0.5) is 11.5 Å². The van der Waals surface area contributed by atoms with Crippen molar-refractivity contribution in [3.05, 3.63) is 35.9 Å². The third-order valence-electron chi connectivity index (χ3n) is 3.53. The molecule has 0 aliphatic carbocycles. The molecule has 1 aliphatic rings. The Labute approximate surface area is 122 Å². The summed E-state index contributed by atoms with van der Waals surface area (Å²) >= 11 is 0. The maximum absolute atomic E-state index is 12.3. The van der Waals surface area contributed by atoms with Crippen molar-refractivity contribution in [3.8, 4) is 0 Å². The van der Waals surface area contributed by atoms with Crippen molar-refractivity contribution in [3.63, 3.8) is 0 Å². The Bertz CT molecular complexity index is 646. The Morgan fingerprint density at radius 3 is 2.71 bits per heavy atom. The van der Waals surface area contributed by atoms with Crippen LogP contribution in [0.15, 0.2) is 28.9 Å². The topological polar surface area (TPSA) is 88.5 Å².